The Morgan fingerprint density at radius 1 is 1.35 bits per heavy atom. The van der Waals surface area contributed by atoms with Gasteiger partial charge in [-0.15, -0.1) is 0 Å². The van der Waals surface area contributed by atoms with Crippen molar-refractivity contribution in [2.75, 3.05) is 6.61 Å². The second kappa shape index (κ2) is 4.90. The van der Waals surface area contributed by atoms with Gasteiger partial charge < -0.3 is 5.11 Å². The second-order valence-electron chi connectivity index (χ2n) is 4.55. The molecule has 3 aromatic rings. The molecule has 0 bridgehead atoms. The van der Waals surface area contributed by atoms with Crippen molar-refractivity contribution in [1.29, 1.82) is 0 Å². The van der Waals surface area contributed by atoms with Crippen molar-refractivity contribution in [3.8, 4) is 11.3 Å². The standard InChI is InChI=1S/C14H14N4O2/c1-9-11(4-7-19)14(20)18-13(16-9)8-12(17-18)10-2-5-15-6-3-10/h2-3,5-6,8,17,19H,4,7H2,1H3. The third-order valence-corrected chi connectivity index (χ3v) is 3.27. The van der Waals surface area contributed by atoms with E-state index in [1.54, 1.807) is 19.3 Å². The molecule has 102 valence electrons. The predicted octanol–water partition coefficient (Wildman–Crippen LogP) is 0.928. The average molecular weight is 270 g/mol. The molecule has 2 N–H and O–H groups in total. The first-order chi connectivity index (χ1) is 9.70. The molecule has 20 heavy (non-hydrogen) atoms. The molecule has 0 saturated heterocycles. The first kappa shape index (κ1) is 12.6. The van der Waals surface area contributed by atoms with Crippen LogP contribution in [-0.2, 0) is 6.42 Å². The number of nitrogens with zero attached hydrogens (tertiary/aromatic N) is 3. The number of rotatable bonds is 3. The zero-order valence-corrected chi connectivity index (χ0v) is 11.0. The van der Waals surface area contributed by atoms with E-state index >= 15 is 0 Å². The third-order valence-electron chi connectivity index (χ3n) is 3.27. The van der Waals surface area contributed by atoms with Gasteiger partial charge in [-0.2, -0.15) is 0 Å². The highest BCUT2D eigenvalue weighted by atomic mass is 16.3. The number of pyridine rings is 1. The van der Waals surface area contributed by atoms with Crippen LogP contribution in [0.4, 0.5) is 0 Å². The number of fused-ring (bicyclic) bond motifs is 1. The van der Waals surface area contributed by atoms with E-state index < -0.39 is 0 Å². The normalized spacial score (nSPS) is 11.1. The Morgan fingerprint density at radius 3 is 2.80 bits per heavy atom. The van der Waals surface area contributed by atoms with Gasteiger partial charge in [-0.05, 0) is 19.1 Å². The van der Waals surface area contributed by atoms with Crippen molar-refractivity contribution < 1.29 is 5.11 Å². The Kier molecular flexibility index (Phi) is 3.08. The Morgan fingerprint density at radius 2 is 2.10 bits per heavy atom. The van der Waals surface area contributed by atoms with Gasteiger partial charge in [0.2, 0.25) is 0 Å². The van der Waals surface area contributed by atoms with Crippen molar-refractivity contribution in [2.24, 2.45) is 0 Å². The number of H-pyrrole nitrogens is 1. The summed E-state index contributed by atoms with van der Waals surface area (Å²) in [5.41, 5.74) is 3.34. The SMILES string of the molecule is Cc1nc2cc(-c3ccncc3)[nH]n2c(=O)c1CCO. The lowest BCUT2D eigenvalue weighted by Gasteiger charge is -2.02. The topological polar surface area (TPSA) is 83.3 Å². The Labute approximate surface area is 114 Å². The van der Waals surface area contributed by atoms with Crippen LogP contribution < -0.4 is 5.56 Å². The van der Waals surface area contributed by atoms with Crippen molar-refractivity contribution in [2.45, 2.75) is 13.3 Å². The molecule has 3 rings (SSSR count). The van der Waals surface area contributed by atoms with Crippen LogP contribution in [0.1, 0.15) is 11.3 Å². The van der Waals surface area contributed by atoms with Crippen LogP contribution in [0.5, 0.6) is 0 Å². The van der Waals surface area contributed by atoms with E-state index in [1.165, 1.54) is 4.52 Å². The number of hydrogen-bond acceptors (Lipinski definition) is 4. The van der Waals surface area contributed by atoms with Crippen LogP contribution in [0, 0.1) is 6.92 Å². The summed E-state index contributed by atoms with van der Waals surface area (Å²) in [5.74, 6) is 0. The molecular formula is C14H14N4O2. The minimum atomic E-state index is -0.165. The van der Waals surface area contributed by atoms with Gasteiger partial charge in [-0.3, -0.25) is 14.9 Å². The minimum absolute atomic E-state index is 0.0677. The van der Waals surface area contributed by atoms with E-state index in [9.17, 15) is 4.79 Å². The largest absolute Gasteiger partial charge is 0.396 e. The predicted molar refractivity (Wildman–Crippen MR) is 74.6 cm³/mol. The summed E-state index contributed by atoms with van der Waals surface area (Å²) >= 11 is 0. The van der Waals surface area contributed by atoms with Gasteiger partial charge >= 0.3 is 0 Å². The van der Waals surface area contributed by atoms with Gasteiger partial charge in [0.15, 0.2) is 5.65 Å². The molecule has 0 aliphatic heterocycles. The Balaban J connectivity index is 2.22. The van der Waals surface area contributed by atoms with Crippen molar-refractivity contribution >= 4 is 5.65 Å². The molecule has 0 spiro atoms. The molecule has 0 aliphatic carbocycles. The van der Waals surface area contributed by atoms with E-state index in [-0.39, 0.29) is 12.2 Å². The molecule has 6 nitrogen and oxygen atoms in total. The van der Waals surface area contributed by atoms with Crippen molar-refractivity contribution in [1.82, 2.24) is 19.6 Å². The maximum atomic E-state index is 12.4. The quantitative estimate of drug-likeness (QED) is 0.741. The van der Waals surface area contributed by atoms with E-state index in [2.05, 4.69) is 15.1 Å². The summed E-state index contributed by atoms with van der Waals surface area (Å²) in [4.78, 5) is 20.7. The van der Waals surface area contributed by atoms with Crippen LogP contribution in [0.15, 0.2) is 35.4 Å². The number of aryl methyl sites for hydroxylation is 1. The molecule has 0 atom stereocenters. The molecule has 3 heterocycles. The second-order valence-corrected chi connectivity index (χ2v) is 4.55. The monoisotopic (exact) mass is 270 g/mol. The Hall–Kier alpha value is -2.47. The molecule has 0 saturated carbocycles. The average Bonchev–Trinajstić information content (AvgIpc) is 2.88. The summed E-state index contributed by atoms with van der Waals surface area (Å²) in [7, 11) is 0. The van der Waals surface area contributed by atoms with Crippen LogP contribution in [0.2, 0.25) is 0 Å². The van der Waals surface area contributed by atoms with Crippen LogP contribution in [0.3, 0.4) is 0 Å². The maximum absolute atomic E-state index is 12.4. The minimum Gasteiger partial charge on any atom is -0.396 e. The van der Waals surface area contributed by atoms with Crippen LogP contribution >= 0.6 is 0 Å². The molecule has 0 amide bonds. The summed E-state index contributed by atoms with van der Waals surface area (Å²) in [5, 5.41) is 12.1. The lowest BCUT2D eigenvalue weighted by Crippen LogP contribution is -2.22. The zero-order chi connectivity index (χ0) is 14.1. The van der Waals surface area contributed by atoms with E-state index in [1.807, 2.05) is 18.2 Å². The fourth-order valence-electron chi connectivity index (χ4n) is 2.25. The van der Waals surface area contributed by atoms with Gasteiger partial charge in [0, 0.05) is 48.3 Å². The molecule has 0 unspecified atom stereocenters. The lowest BCUT2D eigenvalue weighted by molar-refractivity contribution is 0.298. The van der Waals surface area contributed by atoms with Crippen molar-refractivity contribution in [3.05, 3.63) is 52.2 Å². The Bertz CT molecular complexity index is 805. The highest BCUT2D eigenvalue weighted by Gasteiger charge is 2.12. The molecule has 0 fully saturated rings. The van der Waals surface area contributed by atoms with Gasteiger partial charge in [0.1, 0.15) is 0 Å². The number of hydrogen-bond donors (Lipinski definition) is 2. The third kappa shape index (κ3) is 2.00. The fraction of sp³-hybridized carbons (Fsp3) is 0.214. The smallest absolute Gasteiger partial charge is 0.276 e. The van der Waals surface area contributed by atoms with E-state index in [4.69, 9.17) is 5.11 Å². The highest BCUT2D eigenvalue weighted by molar-refractivity contribution is 5.63. The summed E-state index contributed by atoms with van der Waals surface area (Å²) in [6.45, 7) is 1.72. The lowest BCUT2D eigenvalue weighted by atomic mass is 10.2. The van der Waals surface area contributed by atoms with Gasteiger partial charge in [0.25, 0.3) is 5.56 Å². The van der Waals surface area contributed by atoms with Crippen molar-refractivity contribution in [3.63, 3.8) is 0 Å². The number of aromatic nitrogens is 4. The van der Waals surface area contributed by atoms with Gasteiger partial charge in [-0.25, -0.2) is 9.50 Å². The molecule has 0 radical (unpaired) electrons. The van der Waals surface area contributed by atoms with E-state index in [0.717, 1.165) is 11.3 Å². The first-order valence-corrected chi connectivity index (χ1v) is 6.33. The first-order valence-electron chi connectivity index (χ1n) is 6.33. The summed E-state index contributed by atoms with van der Waals surface area (Å²) in [6.07, 6.45) is 3.70. The molecule has 3 aromatic heterocycles. The number of aromatic amines is 1. The zero-order valence-electron chi connectivity index (χ0n) is 11.0. The number of nitrogens with one attached hydrogen (secondary N) is 1. The van der Waals surface area contributed by atoms with Crippen LogP contribution in [0.25, 0.3) is 16.9 Å². The molecular weight excluding hydrogens is 256 g/mol. The molecule has 6 heteroatoms. The molecule has 0 aliphatic rings. The van der Waals surface area contributed by atoms with Crippen LogP contribution in [-0.4, -0.2) is 31.3 Å². The van der Waals surface area contributed by atoms with Gasteiger partial charge in [0.05, 0.1) is 5.69 Å². The summed E-state index contributed by atoms with van der Waals surface area (Å²) < 4.78 is 1.41. The number of aliphatic hydroxyl groups excluding tert-OH is 1. The molecule has 0 aromatic carbocycles. The fourth-order valence-corrected chi connectivity index (χ4v) is 2.25. The number of aliphatic hydroxyl groups is 1. The summed E-state index contributed by atoms with van der Waals surface area (Å²) in [6, 6.07) is 5.54. The maximum Gasteiger partial charge on any atom is 0.276 e. The van der Waals surface area contributed by atoms with Gasteiger partial charge in [-0.1, -0.05) is 0 Å². The van der Waals surface area contributed by atoms with E-state index in [0.29, 0.717) is 23.3 Å². The highest BCUT2D eigenvalue weighted by Crippen LogP contribution is 2.17.